The monoisotopic (exact) mass is 286 g/mol. The van der Waals surface area contributed by atoms with Crippen molar-refractivity contribution < 1.29 is 4.79 Å². The molecule has 1 amide bonds. The Balaban J connectivity index is 1.95. The zero-order valence-corrected chi connectivity index (χ0v) is 11.7. The van der Waals surface area contributed by atoms with Crippen molar-refractivity contribution >= 4 is 28.9 Å². The van der Waals surface area contributed by atoms with Gasteiger partial charge in [-0.3, -0.25) is 4.79 Å². The first kappa shape index (κ1) is 13.0. The van der Waals surface area contributed by atoms with Crippen molar-refractivity contribution in [3.05, 3.63) is 58.6 Å². The van der Waals surface area contributed by atoms with E-state index in [0.717, 1.165) is 17.7 Å². The fourth-order valence-electron chi connectivity index (χ4n) is 2.53. The molecule has 0 spiro atoms. The van der Waals surface area contributed by atoms with Gasteiger partial charge < -0.3 is 10.6 Å². The number of carbonyl (C=O) groups is 1. The molecular formula is C16H15ClN2O. The van der Waals surface area contributed by atoms with E-state index in [9.17, 15) is 4.79 Å². The number of fused-ring (bicyclic) bond motifs is 1. The number of nitrogens with zero attached hydrogens (tertiary/aromatic N) is 1. The van der Waals surface area contributed by atoms with Crippen molar-refractivity contribution in [2.24, 2.45) is 0 Å². The Bertz CT molecular complexity index is 669. The fraction of sp³-hybridized carbons (Fsp3) is 0.188. The molecule has 0 bridgehead atoms. The van der Waals surface area contributed by atoms with E-state index in [2.05, 4.69) is 6.07 Å². The molecule has 2 aromatic carbocycles. The number of aryl methyl sites for hydroxylation is 1. The molecule has 3 rings (SSSR count). The van der Waals surface area contributed by atoms with Crippen LogP contribution in [0, 0.1) is 0 Å². The molecule has 0 saturated carbocycles. The summed E-state index contributed by atoms with van der Waals surface area (Å²) in [6, 6.07) is 13.4. The van der Waals surface area contributed by atoms with Crippen LogP contribution in [0.5, 0.6) is 0 Å². The zero-order chi connectivity index (χ0) is 14.1. The minimum atomic E-state index is 0.136. The lowest BCUT2D eigenvalue weighted by Crippen LogP contribution is -2.34. The molecule has 1 aliphatic heterocycles. The molecule has 3 nitrogen and oxygen atoms in total. The highest BCUT2D eigenvalue weighted by molar-refractivity contribution is 6.31. The zero-order valence-electron chi connectivity index (χ0n) is 11.0. The first-order valence-electron chi connectivity index (χ1n) is 6.57. The lowest BCUT2D eigenvalue weighted by molar-refractivity contribution is -0.119. The number of amides is 1. The van der Waals surface area contributed by atoms with E-state index < -0.39 is 0 Å². The SMILES string of the molecule is Nc1ccc(CN2C(=O)CCc3ccccc32)c(Cl)c1. The third kappa shape index (κ3) is 2.37. The average Bonchev–Trinajstić information content (AvgIpc) is 2.44. The predicted molar refractivity (Wildman–Crippen MR) is 81.8 cm³/mol. The maximum Gasteiger partial charge on any atom is 0.227 e. The lowest BCUT2D eigenvalue weighted by atomic mass is 10.0. The molecule has 2 N–H and O–H groups in total. The van der Waals surface area contributed by atoms with Crippen LogP contribution in [0.1, 0.15) is 17.5 Å². The van der Waals surface area contributed by atoms with Crippen LogP contribution in [0.25, 0.3) is 0 Å². The molecule has 0 unspecified atom stereocenters. The van der Waals surface area contributed by atoms with Gasteiger partial charge in [0, 0.05) is 22.8 Å². The summed E-state index contributed by atoms with van der Waals surface area (Å²) in [5, 5.41) is 0.598. The topological polar surface area (TPSA) is 46.3 Å². The van der Waals surface area contributed by atoms with Crippen molar-refractivity contribution in [3.63, 3.8) is 0 Å². The second-order valence-corrected chi connectivity index (χ2v) is 5.37. The first-order valence-corrected chi connectivity index (χ1v) is 6.95. The first-order chi connectivity index (χ1) is 9.65. The summed E-state index contributed by atoms with van der Waals surface area (Å²) in [5.41, 5.74) is 9.43. The van der Waals surface area contributed by atoms with E-state index in [4.69, 9.17) is 17.3 Å². The number of carbonyl (C=O) groups excluding carboxylic acids is 1. The second-order valence-electron chi connectivity index (χ2n) is 4.96. The van der Waals surface area contributed by atoms with Crippen molar-refractivity contribution in [1.82, 2.24) is 0 Å². The van der Waals surface area contributed by atoms with Crippen molar-refractivity contribution in [1.29, 1.82) is 0 Å². The van der Waals surface area contributed by atoms with E-state index in [1.165, 1.54) is 5.56 Å². The minimum Gasteiger partial charge on any atom is -0.399 e. The number of para-hydroxylation sites is 1. The second kappa shape index (κ2) is 5.17. The van der Waals surface area contributed by atoms with Gasteiger partial charge in [0.1, 0.15) is 0 Å². The molecule has 0 aliphatic carbocycles. The highest BCUT2D eigenvalue weighted by Crippen LogP contribution is 2.30. The molecule has 102 valence electrons. The molecule has 4 heteroatoms. The van der Waals surface area contributed by atoms with Gasteiger partial charge in [0.2, 0.25) is 5.91 Å². The van der Waals surface area contributed by atoms with Crippen LogP contribution in [-0.2, 0) is 17.8 Å². The molecule has 0 aromatic heterocycles. The quantitative estimate of drug-likeness (QED) is 0.860. The van der Waals surface area contributed by atoms with E-state index in [-0.39, 0.29) is 5.91 Å². The van der Waals surface area contributed by atoms with E-state index in [0.29, 0.717) is 23.7 Å². The van der Waals surface area contributed by atoms with Crippen molar-refractivity contribution in [2.45, 2.75) is 19.4 Å². The number of benzene rings is 2. The van der Waals surface area contributed by atoms with E-state index in [1.807, 2.05) is 30.3 Å². The Hall–Kier alpha value is -2.00. The Morgan fingerprint density at radius 3 is 2.75 bits per heavy atom. The summed E-state index contributed by atoms with van der Waals surface area (Å²) in [7, 11) is 0. The number of halogens is 1. The van der Waals surface area contributed by atoms with Gasteiger partial charge in [0.25, 0.3) is 0 Å². The molecule has 2 aromatic rings. The lowest BCUT2D eigenvalue weighted by Gasteiger charge is -2.29. The van der Waals surface area contributed by atoms with E-state index >= 15 is 0 Å². The standard InChI is InChI=1S/C16H15ClN2O/c17-14-9-13(18)7-5-12(14)10-19-15-4-2-1-3-11(15)6-8-16(19)20/h1-5,7,9H,6,8,10,18H2. The fourth-order valence-corrected chi connectivity index (χ4v) is 2.78. The summed E-state index contributed by atoms with van der Waals surface area (Å²) in [5.74, 6) is 0.136. The molecule has 1 heterocycles. The summed E-state index contributed by atoms with van der Waals surface area (Å²) < 4.78 is 0. The van der Waals surface area contributed by atoms with Crippen LogP contribution < -0.4 is 10.6 Å². The molecular weight excluding hydrogens is 272 g/mol. The average molecular weight is 287 g/mol. The van der Waals surface area contributed by atoms with Gasteiger partial charge >= 0.3 is 0 Å². The largest absolute Gasteiger partial charge is 0.399 e. The normalized spacial score (nSPS) is 14.2. The number of nitrogens with two attached hydrogens (primary N) is 1. The Morgan fingerprint density at radius 1 is 1.15 bits per heavy atom. The van der Waals surface area contributed by atoms with Gasteiger partial charge in [-0.05, 0) is 35.7 Å². The summed E-state index contributed by atoms with van der Waals surface area (Å²) in [6.45, 7) is 0.481. The predicted octanol–water partition coefficient (Wildman–Crippen LogP) is 3.40. The summed E-state index contributed by atoms with van der Waals surface area (Å²) in [6.07, 6.45) is 1.35. The molecule has 0 radical (unpaired) electrons. The summed E-state index contributed by atoms with van der Waals surface area (Å²) >= 11 is 6.21. The minimum absolute atomic E-state index is 0.136. The van der Waals surface area contributed by atoms with E-state index in [1.54, 1.807) is 11.0 Å². The van der Waals surface area contributed by atoms with Crippen LogP contribution in [0.4, 0.5) is 11.4 Å². The molecule has 0 atom stereocenters. The van der Waals surface area contributed by atoms with Gasteiger partial charge in [-0.2, -0.15) is 0 Å². The third-order valence-electron chi connectivity index (χ3n) is 3.60. The third-order valence-corrected chi connectivity index (χ3v) is 3.95. The van der Waals surface area contributed by atoms with Crippen LogP contribution in [-0.4, -0.2) is 5.91 Å². The summed E-state index contributed by atoms with van der Waals surface area (Å²) in [4.78, 5) is 14.0. The molecule has 0 fully saturated rings. The smallest absolute Gasteiger partial charge is 0.227 e. The highest BCUT2D eigenvalue weighted by Gasteiger charge is 2.24. The number of hydrogen-bond acceptors (Lipinski definition) is 2. The number of rotatable bonds is 2. The van der Waals surface area contributed by atoms with Gasteiger partial charge in [-0.15, -0.1) is 0 Å². The molecule has 20 heavy (non-hydrogen) atoms. The Kier molecular flexibility index (Phi) is 3.36. The number of hydrogen-bond donors (Lipinski definition) is 1. The number of nitrogen functional groups attached to an aromatic ring is 1. The van der Waals surface area contributed by atoms with Crippen LogP contribution in [0.3, 0.4) is 0 Å². The molecule has 1 aliphatic rings. The van der Waals surface area contributed by atoms with Crippen LogP contribution >= 0.6 is 11.6 Å². The van der Waals surface area contributed by atoms with Gasteiger partial charge in [0.05, 0.1) is 6.54 Å². The Labute approximate surface area is 123 Å². The maximum absolute atomic E-state index is 12.2. The Morgan fingerprint density at radius 2 is 1.95 bits per heavy atom. The van der Waals surface area contributed by atoms with Crippen LogP contribution in [0.2, 0.25) is 5.02 Å². The van der Waals surface area contributed by atoms with Gasteiger partial charge in [0.15, 0.2) is 0 Å². The van der Waals surface area contributed by atoms with Crippen molar-refractivity contribution in [3.8, 4) is 0 Å². The van der Waals surface area contributed by atoms with Gasteiger partial charge in [-0.1, -0.05) is 35.9 Å². The van der Waals surface area contributed by atoms with Crippen molar-refractivity contribution in [2.75, 3.05) is 10.6 Å². The molecule has 0 saturated heterocycles. The van der Waals surface area contributed by atoms with Gasteiger partial charge in [-0.25, -0.2) is 0 Å². The number of anilines is 2. The van der Waals surface area contributed by atoms with Crippen LogP contribution in [0.15, 0.2) is 42.5 Å². The maximum atomic E-state index is 12.2. The highest BCUT2D eigenvalue weighted by atomic mass is 35.5.